The van der Waals surface area contributed by atoms with E-state index in [9.17, 15) is 24.9 Å². The number of rotatable bonds is 10. The molecule has 3 rings (SSSR count). The molecule has 1 aliphatic rings. The zero-order valence-corrected chi connectivity index (χ0v) is 22.3. The van der Waals surface area contributed by atoms with Crippen LogP contribution in [0.25, 0.3) is 0 Å². The number of hydrogen-bond acceptors (Lipinski definition) is 8. The van der Waals surface area contributed by atoms with Crippen LogP contribution in [0.3, 0.4) is 0 Å². The van der Waals surface area contributed by atoms with Crippen molar-refractivity contribution in [1.82, 2.24) is 5.32 Å². The minimum absolute atomic E-state index is 0.127. The molecule has 37 heavy (non-hydrogen) atoms. The number of nitrogens with two attached hydrogens (primary N) is 1. The lowest BCUT2D eigenvalue weighted by molar-refractivity contribution is -0.200. The van der Waals surface area contributed by atoms with Gasteiger partial charge in [0.2, 0.25) is 5.91 Å². The molecular formula is C27H36N2O7S. The summed E-state index contributed by atoms with van der Waals surface area (Å²) in [5.41, 5.74) is 7.66. The van der Waals surface area contributed by atoms with Crippen LogP contribution in [-0.4, -0.2) is 70.3 Å². The number of nitrogens with one attached hydrogen (secondary N) is 1. The van der Waals surface area contributed by atoms with E-state index in [-0.39, 0.29) is 19.1 Å². The van der Waals surface area contributed by atoms with Crippen molar-refractivity contribution in [3.05, 3.63) is 64.7 Å². The maximum absolute atomic E-state index is 12.0. The average molecular weight is 533 g/mol. The second-order valence-electron chi connectivity index (χ2n) is 9.95. The Balaban J connectivity index is 1.62. The Labute approximate surface area is 221 Å². The van der Waals surface area contributed by atoms with Crippen LogP contribution in [0.5, 0.6) is 5.75 Å². The molecule has 1 fully saturated rings. The van der Waals surface area contributed by atoms with E-state index in [4.69, 9.17) is 15.2 Å². The van der Waals surface area contributed by atoms with Crippen LogP contribution in [0.1, 0.15) is 42.2 Å². The number of hydrogen-bond donors (Lipinski definition) is 5. The van der Waals surface area contributed by atoms with Crippen LogP contribution in [0.15, 0.2) is 42.5 Å². The fourth-order valence-electron chi connectivity index (χ4n) is 3.91. The van der Waals surface area contributed by atoms with E-state index in [2.05, 4.69) is 5.32 Å². The Bertz CT molecular complexity index is 1090. The van der Waals surface area contributed by atoms with Gasteiger partial charge < -0.3 is 35.8 Å². The Kier molecular flexibility index (Phi) is 9.60. The third-order valence-corrected chi connectivity index (χ3v) is 7.44. The van der Waals surface area contributed by atoms with Crippen LogP contribution in [-0.2, 0) is 20.7 Å². The normalized spacial score (nSPS) is 23.9. The molecule has 0 spiro atoms. The third kappa shape index (κ3) is 7.24. The Morgan fingerprint density at radius 2 is 1.76 bits per heavy atom. The maximum atomic E-state index is 12.0. The molecule has 1 saturated heterocycles. The maximum Gasteiger partial charge on any atom is 0.257 e. The fourth-order valence-corrected chi connectivity index (χ4v) is 4.58. The van der Waals surface area contributed by atoms with Gasteiger partial charge in [-0.1, -0.05) is 30.3 Å². The van der Waals surface area contributed by atoms with Crippen molar-refractivity contribution in [1.29, 1.82) is 0 Å². The molecule has 2 aromatic rings. The number of carbonyl (C=O) groups is 2. The lowest BCUT2D eigenvalue weighted by atomic mass is 9.91. The number of aliphatic hydroxyl groups is 3. The van der Waals surface area contributed by atoms with Crippen molar-refractivity contribution in [2.75, 3.05) is 19.4 Å². The van der Waals surface area contributed by atoms with Crippen LogP contribution >= 0.6 is 11.8 Å². The van der Waals surface area contributed by atoms with Crippen LogP contribution in [0, 0.1) is 12.3 Å². The standard InChI is InChI=1S/C27H36N2O7S/c1-15-5-8-17(24-22(32)21(31)23(33)25(36-24)37-4)12-18(15)11-16-6-9-19(10-7-16)35-13-20(30)29-14-27(2,3)26(28)34/h5-10,12,21-25,31-33H,11,13-14H2,1-4H3,(H2,28,34)(H,29,30)/t21-,22-,23+,24+,25-/m1/s1. The van der Waals surface area contributed by atoms with E-state index in [1.165, 1.54) is 11.8 Å². The molecule has 0 radical (unpaired) electrons. The second kappa shape index (κ2) is 12.3. The topological polar surface area (TPSA) is 151 Å². The van der Waals surface area contributed by atoms with Crippen molar-refractivity contribution < 1.29 is 34.4 Å². The molecule has 2 aromatic carbocycles. The summed E-state index contributed by atoms with van der Waals surface area (Å²) < 4.78 is 11.5. The summed E-state index contributed by atoms with van der Waals surface area (Å²) in [6.45, 7) is 5.26. The molecule has 0 aliphatic carbocycles. The van der Waals surface area contributed by atoms with Gasteiger partial charge in [-0.15, -0.1) is 11.8 Å². The molecule has 0 bridgehead atoms. The molecular weight excluding hydrogens is 496 g/mol. The van der Waals surface area contributed by atoms with Gasteiger partial charge in [0, 0.05) is 6.54 Å². The zero-order valence-electron chi connectivity index (χ0n) is 21.5. The predicted molar refractivity (Wildman–Crippen MR) is 141 cm³/mol. The van der Waals surface area contributed by atoms with Gasteiger partial charge in [0.1, 0.15) is 35.6 Å². The van der Waals surface area contributed by atoms with Crippen molar-refractivity contribution in [3.63, 3.8) is 0 Å². The van der Waals surface area contributed by atoms with Gasteiger partial charge in [-0.05, 0) is 67.8 Å². The molecule has 9 nitrogen and oxygen atoms in total. The highest BCUT2D eigenvalue weighted by Gasteiger charge is 2.44. The van der Waals surface area contributed by atoms with Gasteiger partial charge in [-0.25, -0.2) is 0 Å². The summed E-state index contributed by atoms with van der Waals surface area (Å²) in [7, 11) is 0. The summed E-state index contributed by atoms with van der Waals surface area (Å²) in [6, 6.07) is 13.1. The quantitative estimate of drug-likeness (QED) is 0.308. The average Bonchev–Trinajstić information content (AvgIpc) is 2.87. The van der Waals surface area contributed by atoms with Gasteiger partial charge >= 0.3 is 0 Å². The number of benzene rings is 2. The summed E-state index contributed by atoms with van der Waals surface area (Å²) in [5.74, 6) is -0.305. The number of aliphatic hydroxyl groups excluding tert-OH is 3. The van der Waals surface area contributed by atoms with Crippen molar-refractivity contribution in [2.45, 2.75) is 57.0 Å². The number of amides is 2. The second-order valence-corrected chi connectivity index (χ2v) is 10.9. The molecule has 1 heterocycles. The first-order valence-corrected chi connectivity index (χ1v) is 13.3. The molecule has 5 atom stereocenters. The molecule has 0 aromatic heterocycles. The van der Waals surface area contributed by atoms with E-state index in [1.807, 2.05) is 37.3 Å². The largest absolute Gasteiger partial charge is 0.484 e. The van der Waals surface area contributed by atoms with Crippen LogP contribution < -0.4 is 15.8 Å². The monoisotopic (exact) mass is 532 g/mol. The number of aryl methyl sites for hydroxylation is 1. The number of carbonyl (C=O) groups excluding carboxylic acids is 2. The van der Waals surface area contributed by atoms with Crippen molar-refractivity contribution in [2.24, 2.45) is 11.1 Å². The Morgan fingerprint density at radius 1 is 1.08 bits per heavy atom. The Morgan fingerprint density at radius 3 is 2.38 bits per heavy atom. The van der Waals surface area contributed by atoms with Gasteiger partial charge in [-0.3, -0.25) is 9.59 Å². The summed E-state index contributed by atoms with van der Waals surface area (Å²) in [6.07, 6.45) is -2.08. The first-order valence-electron chi connectivity index (χ1n) is 12.0. The Hall–Kier alpha value is -2.63. The van der Waals surface area contributed by atoms with E-state index in [0.717, 1.165) is 22.3 Å². The predicted octanol–water partition coefficient (Wildman–Crippen LogP) is 1.44. The van der Waals surface area contributed by atoms with Gasteiger partial charge in [0.05, 0.1) is 5.41 Å². The van der Waals surface area contributed by atoms with E-state index < -0.39 is 41.2 Å². The molecule has 202 valence electrons. The fraction of sp³-hybridized carbons (Fsp3) is 0.481. The number of thioether (sulfide) groups is 1. The summed E-state index contributed by atoms with van der Waals surface area (Å²) in [4.78, 5) is 23.4. The van der Waals surface area contributed by atoms with Gasteiger partial charge in [0.15, 0.2) is 6.61 Å². The zero-order chi connectivity index (χ0) is 27.3. The minimum atomic E-state index is -1.30. The molecule has 10 heteroatoms. The van der Waals surface area contributed by atoms with Crippen LogP contribution in [0.2, 0.25) is 0 Å². The van der Waals surface area contributed by atoms with E-state index >= 15 is 0 Å². The van der Waals surface area contributed by atoms with Gasteiger partial charge in [0.25, 0.3) is 5.91 Å². The highest BCUT2D eigenvalue weighted by molar-refractivity contribution is 7.99. The van der Waals surface area contributed by atoms with E-state index in [0.29, 0.717) is 12.2 Å². The summed E-state index contributed by atoms with van der Waals surface area (Å²) in [5, 5.41) is 33.6. The van der Waals surface area contributed by atoms with Crippen molar-refractivity contribution >= 4 is 23.6 Å². The molecule has 2 amide bonds. The number of ether oxygens (including phenoxy) is 2. The van der Waals surface area contributed by atoms with Gasteiger partial charge in [-0.2, -0.15) is 0 Å². The number of primary amides is 1. The van der Waals surface area contributed by atoms with Crippen LogP contribution in [0.4, 0.5) is 0 Å². The third-order valence-electron chi connectivity index (χ3n) is 6.59. The lowest BCUT2D eigenvalue weighted by Gasteiger charge is -2.40. The molecule has 0 saturated carbocycles. The summed E-state index contributed by atoms with van der Waals surface area (Å²) >= 11 is 1.28. The smallest absolute Gasteiger partial charge is 0.257 e. The highest BCUT2D eigenvalue weighted by Crippen LogP contribution is 2.36. The SMILES string of the molecule is CS[C@H]1O[C@@H](c2ccc(C)c(Cc3ccc(OCC(=O)NCC(C)(C)C(N)=O)cc3)c2)[C@H](O)[C@@H](O)[C@@H]1O. The molecule has 0 unspecified atom stereocenters. The molecule has 1 aliphatic heterocycles. The minimum Gasteiger partial charge on any atom is -0.484 e. The van der Waals surface area contributed by atoms with Crippen molar-refractivity contribution in [3.8, 4) is 5.75 Å². The lowest BCUT2D eigenvalue weighted by Crippen LogP contribution is -2.52. The van der Waals surface area contributed by atoms with E-state index in [1.54, 1.807) is 32.2 Å². The highest BCUT2D eigenvalue weighted by atomic mass is 32.2. The molecule has 6 N–H and O–H groups in total. The first-order chi connectivity index (χ1) is 17.4. The first kappa shape index (κ1) is 28.9.